The quantitative estimate of drug-likeness (QED) is 0.661. The number of fused-ring (bicyclic) bond motifs is 1. The lowest BCUT2D eigenvalue weighted by molar-refractivity contribution is -0.115. The molecule has 0 spiro atoms. The van der Waals surface area contributed by atoms with Crippen LogP contribution >= 0.6 is 0 Å². The summed E-state index contributed by atoms with van der Waals surface area (Å²) in [4.78, 5) is 15.9. The largest absolute Gasteiger partial charge is 0.373 e. The first-order valence-electron chi connectivity index (χ1n) is 7.61. The fourth-order valence-corrected chi connectivity index (χ4v) is 2.28. The van der Waals surface area contributed by atoms with Crippen molar-refractivity contribution in [3.8, 4) is 0 Å². The molecule has 0 saturated carbocycles. The first-order chi connectivity index (χ1) is 12.0. The average molecular weight is 346 g/mol. The zero-order chi connectivity index (χ0) is 18.0. The van der Waals surface area contributed by atoms with E-state index >= 15 is 0 Å². The van der Waals surface area contributed by atoms with Crippen LogP contribution in [0.2, 0.25) is 0 Å². The van der Waals surface area contributed by atoms with Gasteiger partial charge in [-0.2, -0.15) is 9.61 Å². The van der Waals surface area contributed by atoms with Crippen LogP contribution in [-0.4, -0.2) is 27.6 Å². The number of aromatic nitrogens is 3. The van der Waals surface area contributed by atoms with Gasteiger partial charge in [0.2, 0.25) is 5.91 Å². The minimum absolute atomic E-state index is 0.193. The first kappa shape index (κ1) is 16.6. The predicted molar refractivity (Wildman–Crippen MR) is 91.1 cm³/mol. The van der Waals surface area contributed by atoms with Crippen LogP contribution in [0, 0.1) is 11.6 Å². The molecule has 3 rings (SSSR count). The highest BCUT2D eigenvalue weighted by Gasteiger charge is 2.15. The molecule has 1 aromatic carbocycles. The highest BCUT2D eigenvalue weighted by atomic mass is 19.1. The zero-order valence-electron chi connectivity index (χ0n) is 13.6. The van der Waals surface area contributed by atoms with Gasteiger partial charge in [-0.3, -0.25) is 4.79 Å². The molecule has 0 fully saturated rings. The van der Waals surface area contributed by atoms with Gasteiger partial charge in [0.05, 0.1) is 6.20 Å². The zero-order valence-corrected chi connectivity index (χ0v) is 13.6. The van der Waals surface area contributed by atoms with E-state index in [2.05, 4.69) is 26.0 Å². The maximum atomic E-state index is 13.8. The summed E-state index contributed by atoms with van der Waals surface area (Å²) < 4.78 is 29.2. The third-order valence-electron chi connectivity index (χ3n) is 3.54. The lowest BCUT2D eigenvalue weighted by Crippen LogP contribution is -2.10. The summed E-state index contributed by atoms with van der Waals surface area (Å²) in [6, 6.07) is 5.13. The summed E-state index contributed by atoms with van der Waals surface area (Å²) in [7, 11) is 1.67. The molecule has 130 valence electrons. The number of benzene rings is 1. The van der Waals surface area contributed by atoms with Gasteiger partial charge in [0.15, 0.2) is 5.65 Å². The Bertz CT molecular complexity index is 920. The molecular weight excluding hydrogens is 330 g/mol. The van der Waals surface area contributed by atoms with Crippen LogP contribution in [0.5, 0.6) is 0 Å². The summed E-state index contributed by atoms with van der Waals surface area (Å²) in [5, 5.41) is 12.4. The second kappa shape index (κ2) is 6.71. The van der Waals surface area contributed by atoms with Crippen molar-refractivity contribution in [2.45, 2.75) is 13.3 Å². The van der Waals surface area contributed by atoms with Crippen LogP contribution in [0.25, 0.3) is 5.65 Å². The van der Waals surface area contributed by atoms with E-state index in [4.69, 9.17) is 0 Å². The molecule has 0 saturated heterocycles. The molecule has 7 nitrogen and oxygen atoms in total. The lowest BCUT2D eigenvalue weighted by atomic mass is 10.3. The van der Waals surface area contributed by atoms with E-state index in [1.807, 2.05) is 0 Å². The number of carbonyl (C=O) groups is 1. The van der Waals surface area contributed by atoms with Gasteiger partial charge in [0.1, 0.15) is 34.6 Å². The number of hydrogen-bond donors (Lipinski definition) is 3. The summed E-state index contributed by atoms with van der Waals surface area (Å²) in [5.74, 6) is -0.933. The van der Waals surface area contributed by atoms with Gasteiger partial charge in [-0.05, 0) is 12.1 Å². The second-order valence-corrected chi connectivity index (χ2v) is 5.19. The van der Waals surface area contributed by atoms with E-state index in [1.165, 1.54) is 16.8 Å². The predicted octanol–water partition coefficient (Wildman–Crippen LogP) is 3.14. The monoisotopic (exact) mass is 346 g/mol. The van der Waals surface area contributed by atoms with Crippen LogP contribution in [0.4, 0.5) is 31.8 Å². The Labute approximate surface area is 142 Å². The molecule has 9 heteroatoms. The molecule has 1 amide bonds. The molecule has 0 aliphatic heterocycles. The smallest absolute Gasteiger partial charge is 0.224 e. The van der Waals surface area contributed by atoms with Gasteiger partial charge < -0.3 is 16.0 Å². The van der Waals surface area contributed by atoms with E-state index in [9.17, 15) is 13.6 Å². The molecule has 0 bridgehead atoms. The maximum Gasteiger partial charge on any atom is 0.224 e. The Balaban J connectivity index is 2.06. The molecule has 0 radical (unpaired) electrons. The molecule has 3 N–H and O–H groups in total. The van der Waals surface area contributed by atoms with Gasteiger partial charge in [0.25, 0.3) is 0 Å². The summed E-state index contributed by atoms with van der Waals surface area (Å²) in [6.45, 7) is 1.72. The number of hydrogen-bond acceptors (Lipinski definition) is 5. The minimum Gasteiger partial charge on any atom is -0.373 e. The number of anilines is 4. The molecule has 0 aliphatic carbocycles. The number of nitrogens with zero attached hydrogens (tertiary/aromatic N) is 3. The average Bonchev–Trinajstić information content (AvgIpc) is 3.00. The normalized spacial score (nSPS) is 10.7. The van der Waals surface area contributed by atoms with Crippen LogP contribution in [0.3, 0.4) is 0 Å². The van der Waals surface area contributed by atoms with Crippen molar-refractivity contribution in [2.75, 3.05) is 23.0 Å². The number of amides is 1. The molecule has 2 aromatic heterocycles. The van der Waals surface area contributed by atoms with E-state index < -0.39 is 11.6 Å². The molecule has 2 heterocycles. The van der Waals surface area contributed by atoms with E-state index in [1.54, 1.807) is 20.0 Å². The van der Waals surface area contributed by atoms with Crippen molar-refractivity contribution in [3.63, 3.8) is 0 Å². The molecule has 0 aliphatic rings. The van der Waals surface area contributed by atoms with Crippen molar-refractivity contribution in [1.82, 2.24) is 14.6 Å². The third-order valence-corrected chi connectivity index (χ3v) is 3.54. The topological polar surface area (TPSA) is 83.4 Å². The van der Waals surface area contributed by atoms with Gasteiger partial charge in [0, 0.05) is 19.5 Å². The highest BCUT2D eigenvalue weighted by molar-refractivity contribution is 5.94. The van der Waals surface area contributed by atoms with Gasteiger partial charge in [-0.15, -0.1) is 0 Å². The Kier molecular flexibility index (Phi) is 4.46. The molecule has 3 aromatic rings. The Morgan fingerprint density at radius 2 is 2.00 bits per heavy atom. The Morgan fingerprint density at radius 3 is 2.64 bits per heavy atom. The lowest BCUT2D eigenvalue weighted by Gasteiger charge is -2.11. The third kappa shape index (κ3) is 3.21. The van der Waals surface area contributed by atoms with Crippen LogP contribution in [-0.2, 0) is 4.79 Å². The number of carbonyl (C=O) groups excluding carboxylic acids is 1. The van der Waals surface area contributed by atoms with Gasteiger partial charge in [-0.25, -0.2) is 13.8 Å². The minimum atomic E-state index is -0.735. The second-order valence-electron chi connectivity index (χ2n) is 5.19. The van der Waals surface area contributed by atoms with Crippen molar-refractivity contribution >= 4 is 34.6 Å². The SMILES string of the molecule is CCC(=O)Nc1cnn2c(NC)cc(Nc3c(F)cccc3F)nc12. The fraction of sp³-hybridized carbons (Fsp3) is 0.188. The molecule has 25 heavy (non-hydrogen) atoms. The van der Waals surface area contributed by atoms with Gasteiger partial charge in [-0.1, -0.05) is 13.0 Å². The first-order valence-corrected chi connectivity index (χ1v) is 7.61. The number of rotatable bonds is 5. The van der Waals surface area contributed by atoms with E-state index in [-0.39, 0.29) is 17.4 Å². The van der Waals surface area contributed by atoms with Crippen molar-refractivity contribution < 1.29 is 13.6 Å². The Morgan fingerprint density at radius 1 is 1.28 bits per heavy atom. The Hall–Kier alpha value is -3.23. The van der Waals surface area contributed by atoms with Crippen LogP contribution < -0.4 is 16.0 Å². The van der Waals surface area contributed by atoms with Crippen LogP contribution in [0.15, 0.2) is 30.5 Å². The van der Waals surface area contributed by atoms with E-state index in [0.29, 0.717) is 23.6 Å². The summed E-state index contributed by atoms with van der Waals surface area (Å²) in [5.41, 5.74) is 0.439. The van der Waals surface area contributed by atoms with Crippen molar-refractivity contribution in [3.05, 3.63) is 42.1 Å². The van der Waals surface area contributed by atoms with Crippen molar-refractivity contribution in [2.24, 2.45) is 0 Å². The number of para-hydroxylation sites is 1. The number of halogens is 2. The summed E-state index contributed by atoms with van der Waals surface area (Å²) >= 11 is 0. The fourth-order valence-electron chi connectivity index (χ4n) is 2.28. The maximum absolute atomic E-state index is 13.8. The molecule has 0 unspecified atom stereocenters. The highest BCUT2D eigenvalue weighted by Crippen LogP contribution is 2.26. The van der Waals surface area contributed by atoms with E-state index in [0.717, 1.165) is 12.1 Å². The summed E-state index contributed by atoms with van der Waals surface area (Å²) in [6.07, 6.45) is 1.76. The van der Waals surface area contributed by atoms with Crippen molar-refractivity contribution in [1.29, 1.82) is 0 Å². The van der Waals surface area contributed by atoms with Crippen LogP contribution in [0.1, 0.15) is 13.3 Å². The van der Waals surface area contributed by atoms with Gasteiger partial charge >= 0.3 is 0 Å². The standard InChI is InChI=1S/C16H16F2N6O/c1-3-14(25)21-11-8-20-24-13(19-2)7-12(23-16(11)24)22-15-9(17)5-4-6-10(15)18/h4-8,19H,3H2,1-2H3,(H,21,25)(H,22,23). The molecule has 0 atom stereocenters. The number of nitrogens with one attached hydrogen (secondary N) is 3. The molecular formula is C16H16F2N6O.